The van der Waals surface area contributed by atoms with Crippen molar-refractivity contribution in [2.24, 2.45) is 0 Å². The van der Waals surface area contributed by atoms with E-state index in [4.69, 9.17) is 19.4 Å². The summed E-state index contributed by atoms with van der Waals surface area (Å²) in [6.07, 6.45) is 0. The highest BCUT2D eigenvalue weighted by molar-refractivity contribution is 7.26. The van der Waals surface area contributed by atoms with Gasteiger partial charge in [0.25, 0.3) is 0 Å². The van der Waals surface area contributed by atoms with Crippen LogP contribution in [-0.2, 0) is 0 Å². The van der Waals surface area contributed by atoms with Gasteiger partial charge < -0.3 is 4.42 Å². The van der Waals surface area contributed by atoms with Gasteiger partial charge in [0.05, 0.1) is 0 Å². The number of rotatable bonds is 8. The zero-order chi connectivity index (χ0) is 45.0. The van der Waals surface area contributed by atoms with E-state index in [-0.39, 0.29) is 0 Å². The third-order valence-electron chi connectivity index (χ3n) is 12.9. The lowest BCUT2D eigenvalue weighted by Gasteiger charge is -2.13. The van der Waals surface area contributed by atoms with Crippen molar-refractivity contribution in [1.29, 1.82) is 0 Å². The molecule has 0 aliphatic carbocycles. The van der Waals surface area contributed by atoms with Gasteiger partial charge in [-0.2, -0.15) is 0 Å². The van der Waals surface area contributed by atoms with E-state index >= 15 is 0 Å². The summed E-state index contributed by atoms with van der Waals surface area (Å²) >= 11 is 1.86. The highest BCUT2D eigenvalue weighted by Gasteiger charge is 2.21. The fourth-order valence-corrected chi connectivity index (χ4v) is 11.0. The molecular weight excluding hydrogens is 847 g/mol. The molecule has 10 aromatic carbocycles. The van der Waals surface area contributed by atoms with Gasteiger partial charge in [-0.1, -0.05) is 200 Å². The van der Waals surface area contributed by atoms with Crippen LogP contribution in [0.1, 0.15) is 0 Å². The topological polar surface area (TPSA) is 51.8 Å². The molecule has 4 nitrogen and oxygen atoms in total. The quantitative estimate of drug-likeness (QED) is 0.153. The molecule has 0 unspecified atom stereocenters. The Balaban J connectivity index is 1.03. The van der Waals surface area contributed by atoms with Crippen LogP contribution in [0.25, 0.3) is 132 Å². The summed E-state index contributed by atoms with van der Waals surface area (Å²) < 4.78 is 9.06. The van der Waals surface area contributed by atoms with Crippen molar-refractivity contribution < 1.29 is 4.42 Å². The SMILES string of the molecule is c1ccc(-c2ccc(-c3nc(-c4cc(-c5ccccc5)cc(-c5cccc6c5sc5c(-c7ccccc7)cccc56)c4)nc(-c4cccc5oc6ccc(-c7ccccc7)cc6c45)n3)cc2)cc1. The van der Waals surface area contributed by atoms with Crippen LogP contribution < -0.4 is 0 Å². The van der Waals surface area contributed by atoms with Gasteiger partial charge in [-0.05, 0) is 92.0 Å². The Morgan fingerprint density at radius 1 is 0.265 bits per heavy atom. The number of hydrogen-bond acceptors (Lipinski definition) is 5. The zero-order valence-corrected chi connectivity index (χ0v) is 37.5. The molecule has 0 aliphatic heterocycles. The molecule has 13 rings (SSSR count). The van der Waals surface area contributed by atoms with E-state index in [0.717, 1.165) is 83.1 Å². The van der Waals surface area contributed by atoms with E-state index in [0.29, 0.717) is 17.5 Å². The van der Waals surface area contributed by atoms with Crippen molar-refractivity contribution in [3.63, 3.8) is 0 Å². The molecule has 0 aliphatic rings. The molecule has 0 fully saturated rings. The minimum atomic E-state index is 0.572. The number of nitrogens with zero attached hydrogens (tertiary/aromatic N) is 3. The second-order valence-corrected chi connectivity index (χ2v) is 18.1. The highest BCUT2D eigenvalue weighted by Crippen LogP contribution is 2.45. The lowest BCUT2D eigenvalue weighted by molar-refractivity contribution is 0.669. The fraction of sp³-hybridized carbons (Fsp3) is 0. The number of fused-ring (bicyclic) bond motifs is 6. The Morgan fingerprint density at radius 3 is 1.37 bits per heavy atom. The van der Waals surface area contributed by atoms with Crippen molar-refractivity contribution >= 4 is 53.4 Å². The Morgan fingerprint density at radius 2 is 0.721 bits per heavy atom. The van der Waals surface area contributed by atoms with Crippen molar-refractivity contribution in [3.8, 4) is 89.8 Å². The summed E-state index contributed by atoms with van der Waals surface area (Å²) in [4.78, 5) is 16.1. The van der Waals surface area contributed by atoms with Gasteiger partial charge in [0.2, 0.25) is 0 Å². The first-order chi connectivity index (χ1) is 33.7. The molecular formula is C63H39N3OS. The fourth-order valence-electron chi connectivity index (χ4n) is 9.62. The van der Waals surface area contributed by atoms with Gasteiger partial charge >= 0.3 is 0 Å². The highest BCUT2D eigenvalue weighted by atomic mass is 32.1. The number of benzene rings is 10. The first-order valence-electron chi connectivity index (χ1n) is 22.8. The Labute approximate surface area is 397 Å². The van der Waals surface area contributed by atoms with Crippen LogP contribution >= 0.6 is 11.3 Å². The second kappa shape index (κ2) is 16.6. The molecule has 13 aromatic rings. The minimum absolute atomic E-state index is 0.572. The van der Waals surface area contributed by atoms with Gasteiger partial charge in [-0.25, -0.2) is 15.0 Å². The van der Waals surface area contributed by atoms with Gasteiger partial charge in [0, 0.05) is 47.6 Å². The molecule has 318 valence electrons. The van der Waals surface area contributed by atoms with E-state index < -0.39 is 0 Å². The van der Waals surface area contributed by atoms with Gasteiger partial charge in [0.15, 0.2) is 17.5 Å². The van der Waals surface area contributed by atoms with Crippen LogP contribution in [-0.4, -0.2) is 15.0 Å². The normalized spacial score (nSPS) is 11.5. The first-order valence-corrected chi connectivity index (χ1v) is 23.6. The Kier molecular flexibility index (Phi) is 9.66. The van der Waals surface area contributed by atoms with Gasteiger partial charge in [0.1, 0.15) is 11.2 Å². The van der Waals surface area contributed by atoms with Crippen molar-refractivity contribution in [2.45, 2.75) is 0 Å². The molecule has 5 heteroatoms. The van der Waals surface area contributed by atoms with Crippen LogP contribution in [0, 0.1) is 0 Å². The van der Waals surface area contributed by atoms with Crippen molar-refractivity contribution in [3.05, 3.63) is 237 Å². The molecule has 0 spiro atoms. The third kappa shape index (κ3) is 7.05. The summed E-state index contributed by atoms with van der Waals surface area (Å²) in [5.74, 6) is 1.74. The number of hydrogen-bond donors (Lipinski definition) is 0. The molecule has 68 heavy (non-hydrogen) atoms. The van der Waals surface area contributed by atoms with E-state index in [1.165, 1.54) is 31.3 Å². The predicted molar refractivity (Wildman–Crippen MR) is 283 cm³/mol. The monoisotopic (exact) mass is 885 g/mol. The summed E-state index contributed by atoms with van der Waals surface area (Å²) in [5, 5.41) is 4.47. The summed E-state index contributed by atoms with van der Waals surface area (Å²) in [7, 11) is 0. The second-order valence-electron chi connectivity index (χ2n) is 17.1. The predicted octanol–water partition coefficient (Wildman–Crippen LogP) is 17.5. The maximum absolute atomic E-state index is 6.54. The van der Waals surface area contributed by atoms with Crippen LogP contribution in [0.4, 0.5) is 0 Å². The molecule has 0 amide bonds. The summed E-state index contributed by atoms with van der Waals surface area (Å²) in [6, 6.07) is 83.4. The summed E-state index contributed by atoms with van der Waals surface area (Å²) in [6.45, 7) is 0. The van der Waals surface area contributed by atoms with E-state index in [1.54, 1.807) is 0 Å². The largest absolute Gasteiger partial charge is 0.456 e. The van der Waals surface area contributed by atoms with E-state index in [9.17, 15) is 0 Å². The summed E-state index contributed by atoms with van der Waals surface area (Å²) in [5.41, 5.74) is 15.7. The molecule has 0 bridgehead atoms. The molecule has 0 N–H and O–H groups in total. The van der Waals surface area contributed by atoms with Crippen LogP contribution in [0.2, 0.25) is 0 Å². The maximum atomic E-state index is 6.54. The number of furan rings is 1. The van der Waals surface area contributed by atoms with Crippen LogP contribution in [0.3, 0.4) is 0 Å². The van der Waals surface area contributed by atoms with Gasteiger partial charge in [-0.15, -0.1) is 11.3 Å². The Bertz CT molecular complexity index is 3990. The lowest BCUT2D eigenvalue weighted by atomic mass is 9.94. The van der Waals surface area contributed by atoms with Crippen molar-refractivity contribution in [1.82, 2.24) is 15.0 Å². The molecule has 0 saturated carbocycles. The van der Waals surface area contributed by atoms with Gasteiger partial charge in [-0.3, -0.25) is 0 Å². The number of aromatic nitrogens is 3. The van der Waals surface area contributed by atoms with Crippen LogP contribution in [0.15, 0.2) is 241 Å². The molecule has 0 atom stereocenters. The van der Waals surface area contributed by atoms with Crippen LogP contribution in [0.5, 0.6) is 0 Å². The molecule has 3 aromatic heterocycles. The third-order valence-corrected chi connectivity index (χ3v) is 14.2. The molecule has 0 saturated heterocycles. The zero-order valence-electron chi connectivity index (χ0n) is 36.7. The van der Waals surface area contributed by atoms with Crippen molar-refractivity contribution in [2.75, 3.05) is 0 Å². The lowest BCUT2D eigenvalue weighted by Crippen LogP contribution is -2.01. The molecule has 0 radical (unpaired) electrons. The minimum Gasteiger partial charge on any atom is -0.456 e. The maximum Gasteiger partial charge on any atom is 0.164 e. The number of thiophene rings is 1. The smallest absolute Gasteiger partial charge is 0.164 e. The average Bonchev–Trinajstić information content (AvgIpc) is 4.00. The van der Waals surface area contributed by atoms with E-state index in [2.05, 4.69) is 212 Å². The standard InChI is InChI=1S/C63H39N3OS/c1-5-16-40(17-6-1)43-30-32-45(33-31-43)61-64-62(66-63(65-61)54-28-15-29-57-58(54)55-39-46(34-35-56(55)67-57)41-18-7-2-8-19-41)49-37-47(42-20-9-3-10-21-42)36-48(38-49)51-25-14-27-53-52-26-13-24-50(59(52)68-60(51)53)44-22-11-4-12-23-44/h1-39H. The Hall–Kier alpha value is -8.77. The van der Waals surface area contributed by atoms with E-state index in [1.807, 2.05) is 35.6 Å². The first kappa shape index (κ1) is 39.6. The molecule has 3 heterocycles. The average molecular weight is 886 g/mol.